The first-order valence-electron chi connectivity index (χ1n) is 10.5. The zero-order valence-electron chi connectivity index (χ0n) is 16.3. The van der Waals surface area contributed by atoms with Gasteiger partial charge in [-0.05, 0) is 55.9 Å². The average Bonchev–Trinajstić information content (AvgIpc) is 3.08. The molecule has 5 nitrogen and oxygen atoms in total. The van der Waals surface area contributed by atoms with Gasteiger partial charge in [-0.2, -0.15) is 0 Å². The highest BCUT2D eigenvalue weighted by molar-refractivity contribution is 5.86. The number of nitrogens with zero attached hydrogens (tertiary/aromatic N) is 1. The molecule has 1 aliphatic carbocycles. The van der Waals surface area contributed by atoms with Crippen molar-refractivity contribution in [2.75, 3.05) is 19.6 Å². The van der Waals surface area contributed by atoms with Gasteiger partial charge in [0, 0.05) is 42.8 Å². The number of benzene rings is 1. The highest BCUT2D eigenvalue weighted by atomic mass is 19.1. The Kier molecular flexibility index (Phi) is 5.69. The van der Waals surface area contributed by atoms with E-state index in [9.17, 15) is 14.3 Å². The summed E-state index contributed by atoms with van der Waals surface area (Å²) >= 11 is 0. The molecule has 1 amide bonds. The summed E-state index contributed by atoms with van der Waals surface area (Å²) in [6.07, 6.45) is 7.54. The Morgan fingerprint density at radius 2 is 2.04 bits per heavy atom. The second kappa shape index (κ2) is 8.21. The maximum absolute atomic E-state index is 13.3. The fourth-order valence-electron chi connectivity index (χ4n) is 4.75. The largest absolute Gasteiger partial charge is 0.379 e. The lowest BCUT2D eigenvalue weighted by molar-refractivity contribution is -0.157. The number of aromatic amines is 1. The van der Waals surface area contributed by atoms with Crippen molar-refractivity contribution in [2.24, 2.45) is 5.92 Å². The molecule has 1 saturated carbocycles. The summed E-state index contributed by atoms with van der Waals surface area (Å²) in [5.41, 5.74) is 0.459. The van der Waals surface area contributed by atoms with Gasteiger partial charge in [0.15, 0.2) is 5.60 Å². The first kappa shape index (κ1) is 19.4. The number of carbonyl (C=O) groups excluding carboxylic acids is 1. The molecule has 0 bridgehead atoms. The van der Waals surface area contributed by atoms with Crippen molar-refractivity contribution >= 4 is 16.8 Å². The minimum Gasteiger partial charge on any atom is -0.379 e. The molecule has 2 aliphatic rings. The van der Waals surface area contributed by atoms with Gasteiger partial charge in [-0.1, -0.05) is 19.3 Å². The Bertz CT molecular complexity index is 830. The van der Waals surface area contributed by atoms with Gasteiger partial charge in [0.1, 0.15) is 5.82 Å². The molecule has 1 aliphatic heterocycles. The van der Waals surface area contributed by atoms with Gasteiger partial charge in [-0.25, -0.2) is 4.39 Å². The van der Waals surface area contributed by atoms with Crippen LogP contribution in [0.4, 0.5) is 4.39 Å². The number of aromatic nitrogens is 1. The average molecular weight is 387 g/mol. The van der Waals surface area contributed by atoms with Crippen LogP contribution in [0, 0.1) is 11.7 Å². The van der Waals surface area contributed by atoms with E-state index in [0.717, 1.165) is 36.1 Å². The smallest absolute Gasteiger partial charge is 0.255 e. The summed E-state index contributed by atoms with van der Waals surface area (Å²) in [4.78, 5) is 18.1. The van der Waals surface area contributed by atoms with Crippen LogP contribution in [0.5, 0.6) is 0 Å². The lowest BCUT2D eigenvalue weighted by Gasteiger charge is -2.40. The number of likely N-dealkylation sites (tertiary alicyclic amines) is 1. The number of halogens is 1. The Balaban J connectivity index is 1.33. The molecule has 152 valence electrons. The number of carbonyl (C=O) groups is 1. The summed E-state index contributed by atoms with van der Waals surface area (Å²) in [5, 5.41) is 15.0. The Morgan fingerprint density at radius 1 is 1.21 bits per heavy atom. The van der Waals surface area contributed by atoms with Crippen LogP contribution in [0.1, 0.15) is 50.6 Å². The molecule has 0 radical (unpaired) electrons. The Labute approximate surface area is 165 Å². The second-order valence-corrected chi connectivity index (χ2v) is 8.52. The lowest BCUT2D eigenvalue weighted by Crippen LogP contribution is -2.58. The zero-order chi connectivity index (χ0) is 19.6. The third kappa shape index (κ3) is 4.23. The van der Waals surface area contributed by atoms with Crippen LogP contribution in [-0.4, -0.2) is 46.1 Å². The number of nitrogens with one attached hydrogen (secondary N) is 2. The number of H-pyrrole nitrogens is 1. The van der Waals surface area contributed by atoms with Crippen LogP contribution in [0.3, 0.4) is 0 Å². The van der Waals surface area contributed by atoms with Crippen molar-refractivity contribution in [3.8, 4) is 0 Å². The van der Waals surface area contributed by atoms with E-state index in [4.69, 9.17) is 0 Å². The topological polar surface area (TPSA) is 68.4 Å². The van der Waals surface area contributed by atoms with Gasteiger partial charge in [-0.3, -0.25) is 4.79 Å². The molecule has 1 atom stereocenters. The maximum atomic E-state index is 13.3. The summed E-state index contributed by atoms with van der Waals surface area (Å²) in [5.74, 6) is 0.196. The molecule has 2 fully saturated rings. The number of aliphatic hydroxyl groups is 1. The van der Waals surface area contributed by atoms with Gasteiger partial charge in [0.05, 0.1) is 0 Å². The minimum atomic E-state index is -1.33. The lowest BCUT2D eigenvalue weighted by atomic mass is 9.86. The van der Waals surface area contributed by atoms with E-state index in [2.05, 4.69) is 10.3 Å². The molecule has 1 saturated heterocycles. The van der Waals surface area contributed by atoms with E-state index in [1.54, 1.807) is 6.07 Å². The first-order valence-corrected chi connectivity index (χ1v) is 10.5. The zero-order valence-corrected chi connectivity index (χ0v) is 16.3. The summed E-state index contributed by atoms with van der Waals surface area (Å²) in [6.45, 7) is 2.27. The van der Waals surface area contributed by atoms with E-state index in [0.29, 0.717) is 18.9 Å². The molecule has 4 rings (SSSR count). The first-order chi connectivity index (χ1) is 13.5. The number of piperidine rings is 1. The molecular weight excluding hydrogens is 357 g/mol. The Hall–Kier alpha value is -1.92. The maximum Gasteiger partial charge on any atom is 0.255 e. The van der Waals surface area contributed by atoms with Crippen molar-refractivity contribution in [3.63, 3.8) is 0 Å². The molecule has 1 aromatic carbocycles. The van der Waals surface area contributed by atoms with Gasteiger partial charge in [0.25, 0.3) is 5.91 Å². The van der Waals surface area contributed by atoms with Crippen LogP contribution in [0.25, 0.3) is 10.9 Å². The molecule has 2 aromatic rings. The number of fused-ring (bicyclic) bond motifs is 1. The molecule has 2 heterocycles. The molecule has 28 heavy (non-hydrogen) atoms. The molecular formula is C22H30FN3O2. The van der Waals surface area contributed by atoms with Gasteiger partial charge in [-0.15, -0.1) is 0 Å². The molecule has 6 heteroatoms. The number of hydrogen-bond acceptors (Lipinski definition) is 3. The van der Waals surface area contributed by atoms with Crippen molar-refractivity contribution in [1.29, 1.82) is 0 Å². The van der Waals surface area contributed by atoms with E-state index >= 15 is 0 Å². The van der Waals surface area contributed by atoms with E-state index in [-0.39, 0.29) is 18.3 Å². The third-order valence-corrected chi connectivity index (χ3v) is 6.28. The van der Waals surface area contributed by atoms with Crippen LogP contribution in [0.15, 0.2) is 24.3 Å². The van der Waals surface area contributed by atoms with E-state index < -0.39 is 5.60 Å². The van der Waals surface area contributed by atoms with Crippen molar-refractivity contribution in [2.45, 2.75) is 57.1 Å². The van der Waals surface area contributed by atoms with Crippen LogP contribution >= 0.6 is 0 Å². The van der Waals surface area contributed by atoms with Crippen molar-refractivity contribution < 1.29 is 14.3 Å². The summed E-state index contributed by atoms with van der Waals surface area (Å²) in [7, 11) is 0. The molecule has 1 aromatic heterocycles. The van der Waals surface area contributed by atoms with Crippen LogP contribution in [0.2, 0.25) is 0 Å². The van der Waals surface area contributed by atoms with E-state index in [1.807, 2.05) is 11.0 Å². The standard InChI is InChI=1S/C22H30FN3O2/c23-18-7-8-20-17(11-18)12-19(25-20)13-24-15-22(28)9-4-10-26(21(22)27)14-16-5-2-1-3-6-16/h7-8,11-12,16,24-25,28H,1-6,9-10,13-15H2/t22-/m1/s1. The highest BCUT2D eigenvalue weighted by Gasteiger charge is 2.42. The molecule has 0 spiro atoms. The SMILES string of the molecule is O=C1N(CC2CCCCC2)CCC[C@@]1(O)CNCc1cc2cc(F)ccc2[nH]1. The van der Waals surface area contributed by atoms with Gasteiger partial charge >= 0.3 is 0 Å². The van der Waals surface area contributed by atoms with Crippen molar-refractivity contribution in [3.05, 3.63) is 35.8 Å². The third-order valence-electron chi connectivity index (χ3n) is 6.28. The minimum absolute atomic E-state index is 0.129. The van der Waals surface area contributed by atoms with Gasteiger partial charge < -0.3 is 20.3 Å². The molecule has 3 N–H and O–H groups in total. The predicted molar refractivity (Wildman–Crippen MR) is 107 cm³/mol. The highest BCUT2D eigenvalue weighted by Crippen LogP contribution is 2.28. The summed E-state index contributed by atoms with van der Waals surface area (Å²) < 4.78 is 13.3. The van der Waals surface area contributed by atoms with Crippen LogP contribution < -0.4 is 5.32 Å². The number of amides is 1. The predicted octanol–water partition coefficient (Wildman–Crippen LogP) is 3.33. The molecule has 0 unspecified atom stereocenters. The Morgan fingerprint density at radius 3 is 2.86 bits per heavy atom. The fraction of sp³-hybridized carbons (Fsp3) is 0.591. The van der Waals surface area contributed by atoms with Crippen LogP contribution in [-0.2, 0) is 11.3 Å². The monoisotopic (exact) mass is 387 g/mol. The second-order valence-electron chi connectivity index (χ2n) is 8.52. The fourth-order valence-corrected chi connectivity index (χ4v) is 4.75. The normalized spacial score (nSPS) is 24.2. The van der Waals surface area contributed by atoms with E-state index in [1.165, 1.54) is 44.2 Å². The van der Waals surface area contributed by atoms with Gasteiger partial charge in [0.2, 0.25) is 0 Å². The quantitative estimate of drug-likeness (QED) is 0.712. The number of hydrogen-bond donors (Lipinski definition) is 3. The number of rotatable bonds is 6. The summed E-state index contributed by atoms with van der Waals surface area (Å²) in [6, 6.07) is 6.54. The van der Waals surface area contributed by atoms with Crippen molar-refractivity contribution in [1.82, 2.24) is 15.2 Å².